The monoisotopic (exact) mass is 378 g/mol. The molecule has 0 spiro atoms. The Kier molecular flexibility index (Phi) is 5.10. The van der Waals surface area contributed by atoms with Crippen LogP contribution in [-0.4, -0.2) is 53.2 Å². The fourth-order valence-corrected chi connectivity index (χ4v) is 3.24. The molecule has 1 amide bonds. The van der Waals surface area contributed by atoms with Gasteiger partial charge < -0.3 is 23.5 Å². The van der Waals surface area contributed by atoms with E-state index >= 15 is 0 Å². The van der Waals surface area contributed by atoms with Crippen molar-refractivity contribution in [2.45, 2.75) is 84.0 Å². The Hall–Kier alpha value is -1.54. The predicted molar refractivity (Wildman–Crippen MR) is 102 cm³/mol. The number of carbonyl (C=O) groups excluding carboxylic acids is 1. The molecule has 8 heteroatoms. The van der Waals surface area contributed by atoms with Crippen molar-refractivity contribution < 1.29 is 23.4 Å². The average Bonchev–Trinajstić information content (AvgIpc) is 3.09. The third-order valence-electron chi connectivity index (χ3n) is 5.59. The molecule has 0 radical (unpaired) electrons. The van der Waals surface area contributed by atoms with Gasteiger partial charge in [0.05, 0.1) is 11.2 Å². The standard InChI is InChI=1S/C19H31BN2O5/c1-17(2,3)24-16(23)22-10-8-13(9-11-22)14-12-15(21-25-14)20-26-18(4,5)19(6,7)27-20/h12-13H,8-11H2,1-7H3. The molecule has 7 nitrogen and oxygen atoms in total. The molecule has 1 aromatic rings. The molecule has 0 aliphatic carbocycles. The van der Waals surface area contributed by atoms with Crippen molar-refractivity contribution in [2.24, 2.45) is 0 Å². The predicted octanol–water partition coefficient (Wildman–Crippen LogP) is 3.09. The molecule has 2 saturated heterocycles. The highest BCUT2D eigenvalue weighted by Gasteiger charge is 2.53. The molecule has 0 aromatic carbocycles. The van der Waals surface area contributed by atoms with Gasteiger partial charge in [-0.3, -0.25) is 0 Å². The zero-order chi connectivity index (χ0) is 20.0. The number of ether oxygens (including phenoxy) is 1. The van der Waals surface area contributed by atoms with Crippen molar-refractivity contribution in [3.05, 3.63) is 11.8 Å². The van der Waals surface area contributed by atoms with E-state index in [1.807, 2.05) is 54.5 Å². The van der Waals surface area contributed by atoms with Crippen LogP contribution < -0.4 is 5.59 Å². The molecule has 2 aliphatic rings. The molecular weight excluding hydrogens is 347 g/mol. The number of piperidine rings is 1. The smallest absolute Gasteiger partial charge is 0.444 e. The molecule has 0 unspecified atom stereocenters. The lowest BCUT2D eigenvalue weighted by Crippen LogP contribution is -2.41. The molecule has 3 rings (SSSR count). The van der Waals surface area contributed by atoms with Crippen molar-refractivity contribution in [3.8, 4) is 0 Å². The highest BCUT2D eigenvalue weighted by atomic mass is 16.7. The molecule has 2 fully saturated rings. The zero-order valence-electron chi connectivity index (χ0n) is 17.5. The third kappa shape index (κ3) is 4.32. The van der Waals surface area contributed by atoms with E-state index in [1.165, 1.54) is 0 Å². The number of nitrogens with zero attached hydrogens (tertiary/aromatic N) is 2. The fraction of sp³-hybridized carbons (Fsp3) is 0.789. The SMILES string of the molecule is CC(C)(C)OC(=O)N1CCC(c2cc(B3OC(C)(C)C(C)(C)O3)no2)CC1. The normalized spacial score (nSPS) is 22.9. The van der Waals surface area contributed by atoms with E-state index in [-0.39, 0.29) is 12.0 Å². The fourth-order valence-electron chi connectivity index (χ4n) is 3.24. The molecule has 1 aromatic heterocycles. The van der Waals surface area contributed by atoms with Gasteiger partial charge in [0.1, 0.15) is 17.0 Å². The van der Waals surface area contributed by atoms with Gasteiger partial charge in [0.15, 0.2) is 0 Å². The van der Waals surface area contributed by atoms with Crippen LogP contribution >= 0.6 is 0 Å². The molecular formula is C19H31BN2O5. The van der Waals surface area contributed by atoms with Crippen LogP contribution in [0.3, 0.4) is 0 Å². The van der Waals surface area contributed by atoms with E-state index in [9.17, 15) is 4.79 Å². The molecule has 0 bridgehead atoms. The molecule has 0 saturated carbocycles. The Morgan fingerprint density at radius 3 is 2.26 bits per heavy atom. The highest BCUT2D eigenvalue weighted by molar-refractivity contribution is 6.61. The van der Waals surface area contributed by atoms with Crippen LogP contribution in [0.4, 0.5) is 4.79 Å². The van der Waals surface area contributed by atoms with Crippen molar-refractivity contribution in [1.82, 2.24) is 10.1 Å². The summed E-state index contributed by atoms with van der Waals surface area (Å²) < 4.78 is 23.1. The van der Waals surface area contributed by atoms with Crippen molar-refractivity contribution in [3.63, 3.8) is 0 Å². The summed E-state index contributed by atoms with van der Waals surface area (Å²) in [6, 6.07) is 1.93. The van der Waals surface area contributed by atoms with E-state index in [4.69, 9.17) is 18.6 Å². The van der Waals surface area contributed by atoms with Crippen molar-refractivity contribution >= 4 is 18.8 Å². The van der Waals surface area contributed by atoms with Gasteiger partial charge in [-0.2, -0.15) is 0 Å². The van der Waals surface area contributed by atoms with Crippen LogP contribution in [0.15, 0.2) is 10.6 Å². The Bertz CT molecular complexity index is 671. The molecule has 3 heterocycles. The maximum Gasteiger partial charge on any atom is 0.518 e. The molecule has 27 heavy (non-hydrogen) atoms. The van der Waals surface area contributed by atoms with Gasteiger partial charge in [-0.15, -0.1) is 0 Å². The van der Waals surface area contributed by atoms with Gasteiger partial charge in [0, 0.05) is 25.1 Å². The number of rotatable bonds is 2. The highest BCUT2D eigenvalue weighted by Crippen LogP contribution is 2.37. The van der Waals surface area contributed by atoms with Crippen molar-refractivity contribution in [1.29, 1.82) is 0 Å². The summed E-state index contributed by atoms with van der Waals surface area (Å²) in [5.74, 6) is 1.05. The summed E-state index contributed by atoms with van der Waals surface area (Å²) in [5, 5.41) is 4.18. The lowest BCUT2D eigenvalue weighted by molar-refractivity contribution is 0.00578. The van der Waals surface area contributed by atoms with Gasteiger partial charge in [0.2, 0.25) is 0 Å². The Morgan fingerprint density at radius 1 is 1.19 bits per heavy atom. The summed E-state index contributed by atoms with van der Waals surface area (Å²) in [6.07, 6.45) is 1.38. The topological polar surface area (TPSA) is 74.0 Å². The van der Waals surface area contributed by atoms with Gasteiger partial charge in [0.25, 0.3) is 0 Å². The summed E-state index contributed by atoms with van der Waals surface area (Å²) in [4.78, 5) is 13.9. The number of aromatic nitrogens is 1. The van der Waals surface area contributed by atoms with E-state index in [2.05, 4.69) is 5.16 Å². The van der Waals surface area contributed by atoms with Gasteiger partial charge >= 0.3 is 13.2 Å². The summed E-state index contributed by atoms with van der Waals surface area (Å²) in [6.45, 7) is 15.0. The van der Waals surface area contributed by atoms with Crippen LogP contribution in [0.1, 0.15) is 73.0 Å². The number of hydrogen-bond donors (Lipinski definition) is 0. The van der Waals surface area contributed by atoms with E-state index < -0.39 is 23.9 Å². The van der Waals surface area contributed by atoms with E-state index in [1.54, 1.807) is 4.90 Å². The number of carbonyl (C=O) groups is 1. The first-order chi connectivity index (χ1) is 12.4. The first-order valence-electron chi connectivity index (χ1n) is 9.68. The number of hydrogen-bond acceptors (Lipinski definition) is 6. The second kappa shape index (κ2) is 6.81. The van der Waals surface area contributed by atoms with Crippen LogP contribution in [0.5, 0.6) is 0 Å². The Morgan fingerprint density at radius 2 is 1.74 bits per heavy atom. The summed E-state index contributed by atoms with van der Waals surface area (Å²) in [7, 11) is -0.519. The first kappa shape index (κ1) is 20.2. The third-order valence-corrected chi connectivity index (χ3v) is 5.59. The van der Waals surface area contributed by atoms with Crippen LogP contribution in [0.25, 0.3) is 0 Å². The van der Waals surface area contributed by atoms with E-state index in [0.717, 1.165) is 18.6 Å². The Balaban J connectivity index is 1.58. The Labute approximate surface area is 161 Å². The summed E-state index contributed by atoms with van der Waals surface area (Å²) in [5.41, 5.74) is -0.625. The molecule has 150 valence electrons. The molecule has 0 N–H and O–H groups in total. The number of likely N-dealkylation sites (tertiary alicyclic amines) is 1. The first-order valence-corrected chi connectivity index (χ1v) is 9.68. The van der Waals surface area contributed by atoms with E-state index in [0.29, 0.717) is 18.7 Å². The minimum absolute atomic E-state index is 0.229. The zero-order valence-corrected chi connectivity index (χ0v) is 17.5. The molecule has 0 atom stereocenters. The minimum atomic E-state index is -0.519. The van der Waals surface area contributed by atoms with Crippen LogP contribution in [0, 0.1) is 0 Å². The van der Waals surface area contributed by atoms with Gasteiger partial charge in [-0.05, 0) is 61.3 Å². The summed E-state index contributed by atoms with van der Waals surface area (Å²) >= 11 is 0. The van der Waals surface area contributed by atoms with Gasteiger partial charge in [-0.1, -0.05) is 5.16 Å². The lowest BCUT2D eigenvalue weighted by Gasteiger charge is -2.32. The average molecular weight is 378 g/mol. The van der Waals surface area contributed by atoms with Crippen molar-refractivity contribution in [2.75, 3.05) is 13.1 Å². The lowest BCUT2D eigenvalue weighted by atomic mass is 9.83. The van der Waals surface area contributed by atoms with Gasteiger partial charge in [-0.25, -0.2) is 4.79 Å². The maximum atomic E-state index is 12.2. The maximum absolute atomic E-state index is 12.2. The van der Waals surface area contributed by atoms with Crippen LogP contribution in [-0.2, 0) is 14.0 Å². The second-order valence-electron chi connectivity index (χ2n) is 9.48. The quantitative estimate of drug-likeness (QED) is 0.737. The molecule has 2 aliphatic heterocycles. The van der Waals surface area contributed by atoms with Crippen LogP contribution in [0.2, 0.25) is 0 Å². The number of amides is 1. The largest absolute Gasteiger partial charge is 0.518 e. The minimum Gasteiger partial charge on any atom is -0.444 e. The second-order valence-corrected chi connectivity index (χ2v) is 9.48.